The molecule has 1 aliphatic rings. The number of aromatic amines is 1. The van der Waals surface area contributed by atoms with Crippen LogP contribution in [0.15, 0.2) is 40.7 Å². The molecule has 1 aromatic carbocycles. The third-order valence-corrected chi connectivity index (χ3v) is 5.57. The summed E-state index contributed by atoms with van der Waals surface area (Å²) in [4.78, 5) is 22.8. The van der Waals surface area contributed by atoms with Gasteiger partial charge in [-0.1, -0.05) is 37.3 Å². The molecule has 2 heterocycles. The van der Waals surface area contributed by atoms with Crippen LogP contribution in [0.4, 0.5) is 10.2 Å². The van der Waals surface area contributed by atoms with E-state index < -0.39 is 0 Å². The molecule has 1 atom stereocenters. The number of hydrogen-bond acceptors (Lipinski definition) is 7. The summed E-state index contributed by atoms with van der Waals surface area (Å²) in [7, 11) is 2.00. The third kappa shape index (κ3) is 6.77. The Bertz CT molecular complexity index is 993. The van der Waals surface area contributed by atoms with Crippen molar-refractivity contribution < 1.29 is 9.18 Å². The third-order valence-electron chi connectivity index (χ3n) is 5.39. The molecule has 34 heavy (non-hydrogen) atoms. The summed E-state index contributed by atoms with van der Waals surface area (Å²) < 4.78 is 13.1. The lowest BCUT2D eigenvalue weighted by atomic mass is 10.1. The molecule has 9 nitrogen and oxygen atoms in total. The van der Waals surface area contributed by atoms with Crippen LogP contribution in [0.1, 0.15) is 44.4 Å². The van der Waals surface area contributed by atoms with Gasteiger partial charge in [-0.05, 0) is 48.6 Å². The SMILES string of the molecule is CC/C=C(/c1[nH]c(Cl)nc1N(C=O)CCC)N(C)CCCN1N=NC(Cc2ccc(F)cc2)N1. The summed E-state index contributed by atoms with van der Waals surface area (Å²) >= 11 is 6.17. The van der Waals surface area contributed by atoms with Gasteiger partial charge in [0.15, 0.2) is 5.82 Å². The van der Waals surface area contributed by atoms with Crippen LogP contribution in [-0.4, -0.2) is 59.2 Å². The van der Waals surface area contributed by atoms with E-state index in [-0.39, 0.29) is 17.3 Å². The number of carbonyl (C=O) groups is 1. The minimum absolute atomic E-state index is 0.165. The van der Waals surface area contributed by atoms with Crippen molar-refractivity contribution in [2.24, 2.45) is 10.3 Å². The Balaban J connectivity index is 1.56. The Morgan fingerprint density at radius 3 is 2.71 bits per heavy atom. The molecule has 11 heteroatoms. The van der Waals surface area contributed by atoms with Crippen molar-refractivity contribution >= 4 is 29.5 Å². The van der Waals surface area contributed by atoms with Crippen LogP contribution in [0.2, 0.25) is 5.28 Å². The Hall–Kier alpha value is -2.98. The van der Waals surface area contributed by atoms with Gasteiger partial charge in [-0.25, -0.2) is 9.51 Å². The molecule has 0 bridgehead atoms. The molecule has 0 spiro atoms. The first-order chi connectivity index (χ1) is 16.4. The molecule has 2 N–H and O–H groups in total. The van der Waals surface area contributed by atoms with Gasteiger partial charge in [-0.2, -0.15) is 10.4 Å². The average Bonchev–Trinajstić information content (AvgIpc) is 3.43. The van der Waals surface area contributed by atoms with Crippen molar-refractivity contribution in [1.29, 1.82) is 0 Å². The van der Waals surface area contributed by atoms with E-state index in [1.807, 2.05) is 14.0 Å². The Morgan fingerprint density at radius 1 is 1.26 bits per heavy atom. The number of aromatic nitrogens is 2. The predicted octanol–water partition coefficient (Wildman–Crippen LogP) is 4.40. The molecule has 2 aromatic rings. The maximum atomic E-state index is 13.1. The van der Waals surface area contributed by atoms with Crippen LogP contribution in [-0.2, 0) is 11.2 Å². The molecule has 3 rings (SSSR count). The second-order valence-corrected chi connectivity index (χ2v) is 8.46. The van der Waals surface area contributed by atoms with Gasteiger partial charge in [-0.3, -0.25) is 9.69 Å². The molecule has 1 aromatic heterocycles. The molecule has 1 aliphatic heterocycles. The highest BCUT2D eigenvalue weighted by atomic mass is 35.5. The van der Waals surface area contributed by atoms with Gasteiger partial charge in [0.2, 0.25) is 11.7 Å². The summed E-state index contributed by atoms with van der Waals surface area (Å²) in [6, 6.07) is 6.42. The van der Waals surface area contributed by atoms with Crippen molar-refractivity contribution in [3.05, 3.63) is 52.7 Å². The number of hydrogen-bond donors (Lipinski definition) is 2. The number of H-pyrrole nitrogens is 1. The molecule has 0 aliphatic carbocycles. The fourth-order valence-corrected chi connectivity index (χ4v) is 3.95. The van der Waals surface area contributed by atoms with E-state index in [4.69, 9.17) is 11.6 Å². The Kier molecular flexibility index (Phi) is 9.41. The fraction of sp³-hybridized carbons (Fsp3) is 0.478. The highest BCUT2D eigenvalue weighted by Gasteiger charge is 2.22. The van der Waals surface area contributed by atoms with E-state index in [0.29, 0.717) is 25.3 Å². The van der Waals surface area contributed by atoms with Crippen molar-refractivity contribution in [2.45, 2.75) is 45.7 Å². The van der Waals surface area contributed by atoms with Crippen molar-refractivity contribution in [1.82, 2.24) is 25.4 Å². The minimum Gasteiger partial charge on any atom is -0.373 e. The number of nitrogens with one attached hydrogen (secondary N) is 2. The van der Waals surface area contributed by atoms with Gasteiger partial charge in [0.05, 0.1) is 12.2 Å². The summed E-state index contributed by atoms with van der Waals surface area (Å²) in [6.45, 7) is 6.04. The van der Waals surface area contributed by atoms with E-state index in [0.717, 1.165) is 49.2 Å². The van der Waals surface area contributed by atoms with E-state index in [9.17, 15) is 9.18 Å². The zero-order chi connectivity index (χ0) is 24.5. The molecule has 184 valence electrons. The lowest BCUT2D eigenvalue weighted by Gasteiger charge is -2.25. The van der Waals surface area contributed by atoms with Gasteiger partial charge in [0, 0.05) is 26.6 Å². The quantitative estimate of drug-likeness (QED) is 0.406. The first kappa shape index (κ1) is 25.6. The van der Waals surface area contributed by atoms with Crippen LogP contribution in [0, 0.1) is 5.82 Å². The first-order valence-electron chi connectivity index (χ1n) is 11.5. The smallest absolute Gasteiger partial charge is 0.215 e. The van der Waals surface area contributed by atoms with E-state index >= 15 is 0 Å². The average molecular weight is 491 g/mol. The number of allylic oxidation sites excluding steroid dienone is 1. The standard InChI is InChI=1S/C23H32ClFN8O/c1-4-7-19(21-22(27-23(24)26-21)32(16-34)12-5-2)31(3)13-6-14-33-29-20(28-30-33)15-17-8-10-18(25)11-9-17/h7-11,16,20,29H,4-6,12-15H2,1-3H3,(H,26,27)/b19-7-. The number of amides is 1. The van der Waals surface area contributed by atoms with Crippen molar-refractivity contribution in [2.75, 3.05) is 31.6 Å². The second-order valence-electron chi connectivity index (χ2n) is 8.10. The van der Waals surface area contributed by atoms with Crippen LogP contribution in [0.5, 0.6) is 0 Å². The fourth-order valence-electron chi connectivity index (χ4n) is 3.78. The number of imidazole rings is 1. The molecule has 1 amide bonds. The van der Waals surface area contributed by atoms with Gasteiger partial charge >= 0.3 is 0 Å². The lowest BCUT2D eigenvalue weighted by molar-refractivity contribution is -0.107. The Labute approximate surface area is 204 Å². The highest BCUT2D eigenvalue weighted by Crippen LogP contribution is 2.29. The maximum Gasteiger partial charge on any atom is 0.215 e. The molecular formula is C23H32ClFN8O. The summed E-state index contributed by atoms with van der Waals surface area (Å²) in [5.74, 6) is 0.285. The van der Waals surface area contributed by atoms with Crippen LogP contribution < -0.4 is 10.3 Å². The second kappa shape index (κ2) is 12.5. The number of hydrazine groups is 1. The highest BCUT2D eigenvalue weighted by molar-refractivity contribution is 6.28. The summed E-state index contributed by atoms with van der Waals surface area (Å²) in [6.07, 6.45) is 5.79. The van der Waals surface area contributed by atoms with E-state index in [1.165, 1.54) is 12.1 Å². The van der Waals surface area contributed by atoms with Crippen LogP contribution in [0.25, 0.3) is 5.70 Å². The van der Waals surface area contributed by atoms with Gasteiger partial charge in [-0.15, -0.1) is 5.11 Å². The zero-order valence-electron chi connectivity index (χ0n) is 19.8. The number of carbonyl (C=O) groups excluding carboxylic acids is 1. The number of rotatable bonds is 13. The minimum atomic E-state index is -0.249. The summed E-state index contributed by atoms with van der Waals surface area (Å²) in [5.41, 5.74) is 5.92. The zero-order valence-corrected chi connectivity index (χ0v) is 20.6. The molecule has 0 saturated carbocycles. The first-order valence-corrected chi connectivity index (χ1v) is 11.9. The molecule has 0 saturated heterocycles. The van der Waals surface area contributed by atoms with Gasteiger partial charge in [0.25, 0.3) is 0 Å². The predicted molar refractivity (Wildman–Crippen MR) is 131 cm³/mol. The molecule has 1 unspecified atom stereocenters. The topological polar surface area (TPSA) is 92.2 Å². The van der Waals surface area contributed by atoms with Crippen molar-refractivity contribution in [3.63, 3.8) is 0 Å². The number of benzene rings is 1. The number of nitrogens with zero attached hydrogens (tertiary/aromatic N) is 6. The lowest BCUT2D eigenvalue weighted by Crippen LogP contribution is -2.37. The number of halogens is 2. The largest absolute Gasteiger partial charge is 0.373 e. The molecule has 0 fully saturated rings. The van der Waals surface area contributed by atoms with E-state index in [1.54, 1.807) is 22.2 Å². The van der Waals surface area contributed by atoms with Gasteiger partial charge in [0.1, 0.15) is 17.7 Å². The number of anilines is 1. The van der Waals surface area contributed by atoms with E-state index in [2.05, 4.69) is 43.6 Å². The molecular weight excluding hydrogens is 459 g/mol. The molecule has 0 radical (unpaired) electrons. The monoisotopic (exact) mass is 490 g/mol. The maximum absolute atomic E-state index is 13.1. The van der Waals surface area contributed by atoms with Gasteiger partial charge < -0.3 is 9.88 Å². The van der Waals surface area contributed by atoms with Crippen LogP contribution in [0.3, 0.4) is 0 Å². The summed E-state index contributed by atoms with van der Waals surface area (Å²) in [5, 5.41) is 10.4. The van der Waals surface area contributed by atoms with Crippen LogP contribution >= 0.6 is 11.6 Å². The Morgan fingerprint density at radius 2 is 2.03 bits per heavy atom. The normalized spacial score (nSPS) is 15.7. The van der Waals surface area contributed by atoms with Crippen molar-refractivity contribution in [3.8, 4) is 0 Å².